The van der Waals surface area contributed by atoms with Gasteiger partial charge in [0, 0.05) is 22.2 Å². The molecule has 0 spiro atoms. The van der Waals surface area contributed by atoms with E-state index in [1.807, 2.05) is 48.5 Å². The summed E-state index contributed by atoms with van der Waals surface area (Å²) in [6.07, 6.45) is 0. The van der Waals surface area contributed by atoms with E-state index in [0.29, 0.717) is 5.69 Å². The quantitative estimate of drug-likeness (QED) is 0.475. The summed E-state index contributed by atoms with van der Waals surface area (Å²) in [5.74, 6) is 0.0420. The number of nitrogen functional groups attached to an aromatic ring is 1. The Kier molecular flexibility index (Phi) is 1.59. The highest BCUT2D eigenvalue weighted by molar-refractivity contribution is 6.14. The van der Waals surface area contributed by atoms with Crippen LogP contribution in [0, 0.1) is 0 Å². The smallest absolute Gasteiger partial charge is 0.263 e. The Labute approximate surface area is 103 Å². The van der Waals surface area contributed by atoms with E-state index >= 15 is 0 Å². The largest absolute Gasteiger partial charge is 0.399 e. The minimum atomic E-state index is 0.0420. The SMILES string of the molecule is Nc1ccc2c(c1)cc1n2C(=O)c2ccccc2-1. The van der Waals surface area contributed by atoms with Crippen LogP contribution in [0.5, 0.6) is 0 Å². The number of nitrogens with two attached hydrogens (primary N) is 1. The number of aromatic nitrogens is 1. The van der Waals surface area contributed by atoms with E-state index in [4.69, 9.17) is 5.73 Å². The first-order valence-corrected chi connectivity index (χ1v) is 5.81. The van der Waals surface area contributed by atoms with Gasteiger partial charge in [0.1, 0.15) is 0 Å². The molecule has 3 aromatic rings. The molecular weight excluding hydrogens is 224 g/mol. The third-order valence-electron chi connectivity index (χ3n) is 3.46. The lowest BCUT2D eigenvalue weighted by atomic mass is 10.1. The minimum Gasteiger partial charge on any atom is -0.399 e. The molecule has 2 N–H and O–H groups in total. The van der Waals surface area contributed by atoms with E-state index in [-0.39, 0.29) is 5.91 Å². The maximum absolute atomic E-state index is 12.4. The van der Waals surface area contributed by atoms with Crippen LogP contribution in [0.3, 0.4) is 0 Å². The third-order valence-corrected chi connectivity index (χ3v) is 3.46. The second kappa shape index (κ2) is 3.01. The van der Waals surface area contributed by atoms with Crippen molar-refractivity contribution in [2.45, 2.75) is 0 Å². The number of benzene rings is 2. The van der Waals surface area contributed by atoms with Gasteiger partial charge in [-0.25, -0.2) is 0 Å². The molecule has 4 rings (SSSR count). The number of fused-ring (bicyclic) bond motifs is 5. The van der Waals surface area contributed by atoms with Crippen molar-refractivity contribution < 1.29 is 4.79 Å². The zero-order valence-electron chi connectivity index (χ0n) is 9.55. The number of nitrogens with zero attached hydrogens (tertiary/aromatic N) is 1. The number of carbonyl (C=O) groups is 1. The number of carbonyl (C=O) groups excluding carboxylic acids is 1. The molecule has 0 saturated heterocycles. The Morgan fingerprint density at radius 2 is 1.72 bits per heavy atom. The molecule has 18 heavy (non-hydrogen) atoms. The zero-order chi connectivity index (χ0) is 12.3. The highest BCUT2D eigenvalue weighted by Crippen LogP contribution is 2.37. The van der Waals surface area contributed by atoms with Crippen molar-refractivity contribution in [2.75, 3.05) is 5.73 Å². The Morgan fingerprint density at radius 1 is 0.944 bits per heavy atom. The molecule has 0 saturated carbocycles. The molecule has 3 heteroatoms. The summed E-state index contributed by atoms with van der Waals surface area (Å²) in [6, 6.07) is 15.3. The molecule has 0 aliphatic carbocycles. The van der Waals surface area contributed by atoms with Crippen molar-refractivity contribution >= 4 is 22.5 Å². The van der Waals surface area contributed by atoms with Gasteiger partial charge < -0.3 is 5.73 Å². The Hall–Kier alpha value is -2.55. The summed E-state index contributed by atoms with van der Waals surface area (Å²) in [6.45, 7) is 0. The van der Waals surface area contributed by atoms with Crippen molar-refractivity contribution in [3.05, 3.63) is 54.1 Å². The highest BCUT2D eigenvalue weighted by atomic mass is 16.2. The van der Waals surface area contributed by atoms with Gasteiger partial charge in [-0.3, -0.25) is 9.36 Å². The molecule has 1 aliphatic heterocycles. The van der Waals surface area contributed by atoms with Gasteiger partial charge in [-0.05, 0) is 30.3 Å². The predicted octanol–water partition coefficient (Wildman–Crippen LogP) is 2.89. The lowest BCUT2D eigenvalue weighted by Crippen LogP contribution is -2.05. The van der Waals surface area contributed by atoms with Gasteiger partial charge in [-0.2, -0.15) is 0 Å². The van der Waals surface area contributed by atoms with E-state index in [1.165, 1.54) is 0 Å². The second-order valence-electron chi connectivity index (χ2n) is 4.53. The fourth-order valence-corrected chi connectivity index (χ4v) is 2.66. The molecule has 0 radical (unpaired) electrons. The first kappa shape index (κ1) is 9.48. The molecule has 2 heterocycles. The predicted molar refractivity (Wildman–Crippen MR) is 71.5 cm³/mol. The van der Waals surface area contributed by atoms with Gasteiger partial charge in [0.15, 0.2) is 0 Å². The van der Waals surface area contributed by atoms with Gasteiger partial charge in [-0.1, -0.05) is 18.2 Å². The highest BCUT2D eigenvalue weighted by Gasteiger charge is 2.27. The van der Waals surface area contributed by atoms with Crippen LogP contribution in [-0.2, 0) is 0 Å². The van der Waals surface area contributed by atoms with E-state index in [2.05, 4.69) is 0 Å². The molecular formula is C15H10N2O. The first-order valence-electron chi connectivity index (χ1n) is 5.81. The van der Waals surface area contributed by atoms with Crippen molar-refractivity contribution in [3.8, 4) is 11.3 Å². The van der Waals surface area contributed by atoms with E-state index in [0.717, 1.165) is 27.7 Å². The van der Waals surface area contributed by atoms with E-state index in [1.54, 1.807) is 4.57 Å². The topological polar surface area (TPSA) is 48.0 Å². The Balaban J connectivity index is 2.15. The third kappa shape index (κ3) is 1.01. The van der Waals surface area contributed by atoms with Crippen LogP contribution < -0.4 is 5.73 Å². The fraction of sp³-hybridized carbons (Fsp3) is 0. The van der Waals surface area contributed by atoms with Crippen LogP contribution in [0.4, 0.5) is 5.69 Å². The molecule has 0 bridgehead atoms. The van der Waals surface area contributed by atoms with Crippen LogP contribution in [0.2, 0.25) is 0 Å². The van der Waals surface area contributed by atoms with Crippen molar-refractivity contribution in [1.82, 2.24) is 4.57 Å². The van der Waals surface area contributed by atoms with E-state index < -0.39 is 0 Å². The van der Waals surface area contributed by atoms with Gasteiger partial charge >= 0.3 is 0 Å². The van der Waals surface area contributed by atoms with Crippen molar-refractivity contribution in [3.63, 3.8) is 0 Å². The standard InChI is InChI=1S/C15H10N2O/c16-10-5-6-13-9(7-10)8-14-11-3-1-2-4-12(11)15(18)17(13)14/h1-8H,16H2. The summed E-state index contributed by atoms with van der Waals surface area (Å²) in [5, 5.41) is 1.01. The number of rotatable bonds is 0. The number of hydrogen-bond acceptors (Lipinski definition) is 2. The van der Waals surface area contributed by atoms with Crippen LogP contribution in [-0.4, -0.2) is 10.5 Å². The van der Waals surface area contributed by atoms with Crippen molar-refractivity contribution in [1.29, 1.82) is 0 Å². The minimum absolute atomic E-state index is 0.0420. The maximum Gasteiger partial charge on any atom is 0.263 e. The van der Waals surface area contributed by atoms with Gasteiger partial charge in [0.25, 0.3) is 5.91 Å². The Morgan fingerprint density at radius 3 is 2.56 bits per heavy atom. The Bertz CT molecular complexity index is 814. The molecule has 2 aromatic carbocycles. The summed E-state index contributed by atoms with van der Waals surface area (Å²) < 4.78 is 1.76. The van der Waals surface area contributed by atoms with Crippen molar-refractivity contribution in [2.24, 2.45) is 0 Å². The average Bonchev–Trinajstić information content (AvgIpc) is 2.87. The summed E-state index contributed by atoms with van der Waals surface area (Å²) in [7, 11) is 0. The normalized spacial score (nSPS) is 12.8. The number of anilines is 1. The first-order chi connectivity index (χ1) is 8.75. The molecule has 0 fully saturated rings. The van der Waals surface area contributed by atoms with Gasteiger partial charge in [0.05, 0.1) is 11.2 Å². The molecule has 0 amide bonds. The maximum atomic E-state index is 12.4. The number of hydrogen-bond donors (Lipinski definition) is 1. The monoisotopic (exact) mass is 234 g/mol. The lowest BCUT2D eigenvalue weighted by molar-refractivity contribution is 0.0973. The molecule has 86 valence electrons. The zero-order valence-corrected chi connectivity index (χ0v) is 9.55. The summed E-state index contributed by atoms with van der Waals surface area (Å²) in [5.41, 5.74) is 10.1. The fourth-order valence-electron chi connectivity index (χ4n) is 2.66. The van der Waals surface area contributed by atoms with E-state index in [9.17, 15) is 4.79 Å². The molecule has 1 aromatic heterocycles. The van der Waals surface area contributed by atoms with Crippen LogP contribution >= 0.6 is 0 Å². The summed E-state index contributed by atoms with van der Waals surface area (Å²) >= 11 is 0. The lowest BCUT2D eigenvalue weighted by Gasteiger charge is -1.99. The molecule has 0 unspecified atom stereocenters. The van der Waals surface area contributed by atoms with Crippen LogP contribution in [0.15, 0.2) is 48.5 Å². The van der Waals surface area contributed by atoms with Gasteiger partial charge in [-0.15, -0.1) is 0 Å². The van der Waals surface area contributed by atoms with Gasteiger partial charge in [0.2, 0.25) is 0 Å². The molecule has 3 nitrogen and oxygen atoms in total. The summed E-state index contributed by atoms with van der Waals surface area (Å²) in [4.78, 5) is 12.4. The molecule has 0 atom stereocenters. The van der Waals surface area contributed by atoms with Crippen LogP contribution in [0.1, 0.15) is 10.4 Å². The average molecular weight is 234 g/mol. The van der Waals surface area contributed by atoms with Crippen LogP contribution in [0.25, 0.3) is 22.2 Å². The molecule has 1 aliphatic rings. The second-order valence-corrected chi connectivity index (χ2v) is 4.53.